The van der Waals surface area contributed by atoms with Gasteiger partial charge < -0.3 is 9.16 Å². The number of nitrogens with zero attached hydrogens (tertiary/aromatic N) is 1. The van der Waals surface area contributed by atoms with Crippen molar-refractivity contribution in [3.63, 3.8) is 0 Å². The first-order chi connectivity index (χ1) is 10.1. The minimum Gasteiger partial charge on any atom is -0.549 e. The fraction of sp³-hybridized carbons (Fsp3) is 0.625. The van der Waals surface area contributed by atoms with Gasteiger partial charge in [0.1, 0.15) is 6.61 Å². The van der Waals surface area contributed by atoms with Crippen molar-refractivity contribution in [1.29, 1.82) is 0 Å². The normalized spacial score (nSPS) is 16.6. The molecule has 0 radical (unpaired) electrons. The van der Waals surface area contributed by atoms with Crippen LogP contribution in [0.25, 0.3) is 0 Å². The first-order valence-electron chi connectivity index (χ1n) is 7.63. The largest absolute Gasteiger partial charge is 0.549 e. The molecule has 0 atom stereocenters. The molecule has 0 aromatic carbocycles. The van der Waals surface area contributed by atoms with E-state index in [-0.39, 0.29) is 17.6 Å². The van der Waals surface area contributed by atoms with E-state index in [4.69, 9.17) is 9.16 Å². The summed E-state index contributed by atoms with van der Waals surface area (Å²) in [6, 6.07) is 0. The van der Waals surface area contributed by atoms with Crippen molar-refractivity contribution in [3.05, 3.63) is 24.5 Å². The number of carbonyl (C=O) groups is 2. The highest BCUT2D eigenvalue weighted by atomic mass is 28.4. The third-order valence-corrected chi connectivity index (χ3v) is 8.39. The number of hydrogen-bond acceptors (Lipinski definition) is 4. The zero-order valence-corrected chi connectivity index (χ0v) is 15.2. The maximum atomic E-state index is 11.7. The van der Waals surface area contributed by atoms with Gasteiger partial charge in [0.25, 0.3) is 5.91 Å². The Morgan fingerprint density at radius 1 is 1.32 bits per heavy atom. The molecule has 1 aliphatic rings. The van der Waals surface area contributed by atoms with E-state index in [2.05, 4.69) is 33.9 Å². The fourth-order valence-electron chi connectivity index (χ4n) is 1.52. The van der Waals surface area contributed by atoms with Crippen LogP contribution < -0.4 is 0 Å². The molecule has 22 heavy (non-hydrogen) atoms. The monoisotopic (exact) mass is 325 g/mol. The standard InChI is InChI=1S/C16H27NO4Si/c1-16(2,3)22(4,5)21-12-9-7-6-8-10-14(18)17-11-13-20-15(17)19/h8-10,12H,6-7,11,13H2,1-5H3/b10-8+,12-9+. The van der Waals surface area contributed by atoms with Gasteiger partial charge in [-0.05, 0) is 37.0 Å². The number of amides is 2. The van der Waals surface area contributed by atoms with E-state index in [9.17, 15) is 9.59 Å². The first-order valence-corrected chi connectivity index (χ1v) is 10.5. The van der Waals surface area contributed by atoms with Gasteiger partial charge in [0, 0.05) is 0 Å². The molecule has 1 fully saturated rings. The van der Waals surface area contributed by atoms with Crippen LogP contribution in [0.15, 0.2) is 24.5 Å². The molecule has 0 aliphatic carbocycles. The van der Waals surface area contributed by atoms with Crippen molar-refractivity contribution in [1.82, 2.24) is 4.90 Å². The summed E-state index contributed by atoms with van der Waals surface area (Å²) < 4.78 is 10.6. The van der Waals surface area contributed by atoms with Gasteiger partial charge in [0.05, 0.1) is 12.8 Å². The first kappa shape index (κ1) is 18.5. The molecular weight excluding hydrogens is 298 g/mol. The van der Waals surface area contributed by atoms with Crippen LogP contribution in [0.3, 0.4) is 0 Å². The molecule has 1 heterocycles. The molecule has 0 bridgehead atoms. The molecule has 1 rings (SSSR count). The highest BCUT2D eigenvalue weighted by molar-refractivity contribution is 6.74. The number of rotatable bonds is 6. The maximum Gasteiger partial charge on any atom is 0.416 e. The van der Waals surface area contributed by atoms with Crippen molar-refractivity contribution in [2.45, 2.75) is 51.7 Å². The number of unbranched alkanes of at least 4 members (excludes halogenated alkanes) is 1. The Balaban J connectivity index is 2.27. The van der Waals surface area contributed by atoms with Crippen LogP contribution in [0, 0.1) is 0 Å². The van der Waals surface area contributed by atoms with Gasteiger partial charge in [-0.2, -0.15) is 0 Å². The molecule has 0 N–H and O–H groups in total. The van der Waals surface area contributed by atoms with Crippen molar-refractivity contribution in [3.8, 4) is 0 Å². The average Bonchev–Trinajstić information content (AvgIpc) is 2.82. The molecular formula is C16H27NO4Si. The quantitative estimate of drug-likeness (QED) is 0.322. The van der Waals surface area contributed by atoms with Crippen molar-refractivity contribution in [2.24, 2.45) is 0 Å². The summed E-state index contributed by atoms with van der Waals surface area (Å²) >= 11 is 0. The lowest BCUT2D eigenvalue weighted by Crippen LogP contribution is -2.39. The smallest absolute Gasteiger partial charge is 0.416 e. The van der Waals surface area contributed by atoms with E-state index in [0.717, 1.165) is 17.7 Å². The Bertz CT molecular complexity index is 463. The maximum absolute atomic E-state index is 11.7. The van der Waals surface area contributed by atoms with Crippen LogP contribution in [-0.2, 0) is 14.0 Å². The minimum atomic E-state index is -1.73. The van der Waals surface area contributed by atoms with Gasteiger partial charge in [-0.1, -0.05) is 32.9 Å². The Morgan fingerprint density at radius 2 is 1.95 bits per heavy atom. The second-order valence-corrected chi connectivity index (χ2v) is 11.6. The van der Waals surface area contributed by atoms with Crippen LogP contribution in [0.5, 0.6) is 0 Å². The number of imide groups is 1. The van der Waals surface area contributed by atoms with Gasteiger partial charge >= 0.3 is 6.09 Å². The third-order valence-electron chi connectivity index (χ3n) is 4.05. The molecule has 0 saturated carbocycles. The van der Waals surface area contributed by atoms with Crippen LogP contribution in [0.4, 0.5) is 4.79 Å². The van der Waals surface area contributed by atoms with E-state index < -0.39 is 14.4 Å². The predicted octanol–water partition coefficient (Wildman–Crippen LogP) is 3.84. The number of allylic oxidation sites excluding steroid dienone is 2. The van der Waals surface area contributed by atoms with Gasteiger partial charge in [-0.3, -0.25) is 4.79 Å². The molecule has 2 amide bonds. The number of cyclic esters (lactones) is 1. The van der Waals surface area contributed by atoms with Gasteiger partial charge in [-0.15, -0.1) is 0 Å². The van der Waals surface area contributed by atoms with Crippen molar-refractivity contribution < 1.29 is 18.8 Å². The topological polar surface area (TPSA) is 55.8 Å². The molecule has 124 valence electrons. The second-order valence-electron chi connectivity index (χ2n) is 6.83. The molecule has 0 spiro atoms. The predicted molar refractivity (Wildman–Crippen MR) is 88.9 cm³/mol. The molecule has 0 aromatic heterocycles. The SMILES string of the molecule is CC(C)(C)[Si](C)(C)O/C=C/CC/C=C/C(=O)N1CCOC1=O. The molecule has 1 aliphatic heterocycles. The lowest BCUT2D eigenvalue weighted by Gasteiger charge is -2.34. The molecule has 1 saturated heterocycles. The Hall–Kier alpha value is -1.56. The number of ether oxygens (including phenoxy) is 1. The van der Waals surface area contributed by atoms with Crippen molar-refractivity contribution in [2.75, 3.05) is 13.2 Å². The van der Waals surface area contributed by atoms with E-state index >= 15 is 0 Å². The number of hydrogen-bond donors (Lipinski definition) is 0. The highest BCUT2D eigenvalue weighted by Gasteiger charge is 2.37. The zero-order chi connectivity index (χ0) is 16.8. The summed E-state index contributed by atoms with van der Waals surface area (Å²) in [6.45, 7) is 11.6. The summed E-state index contributed by atoms with van der Waals surface area (Å²) in [4.78, 5) is 24.0. The molecule has 0 aromatic rings. The lowest BCUT2D eigenvalue weighted by molar-refractivity contribution is -0.122. The summed E-state index contributed by atoms with van der Waals surface area (Å²) in [5, 5.41) is 0.188. The van der Waals surface area contributed by atoms with Crippen LogP contribution in [0.1, 0.15) is 33.6 Å². The van der Waals surface area contributed by atoms with Crippen LogP contribution in [0.2, 0.25) is 18.1 Å². The average molecular weight is 325 g/mol. The molecule has 5 nitrogen and oxygen atoms in total. The fourth-order valence-corrected chi connectivity index (χ4v) is 2.31. The summed E-state index contributed by atoms with van der Waals surface area (Å²) in [5.41, 5.74) is 0. The van der Waals surface area contributed by atoms with E-state index in [1.165, 1.54) is 6.08 Å². The lowest BCUT2D eigenvalue weighted by atomic mass is 10.2. The number of carbonyl (C=O) groups excluding carboxylic acids is 2. The van der Waals surface area contributed by atoms with E-state index in [1.54, 1.807) is 12.3 Å². The summed E-state index contributed by atoms with van der Waals surface area (Å²) in [6.07, 6.45) is 7.91. The Morgan fingerprint density at radius 3 is 2.50 bits per heavy atom. The summed E-state index contributed by atoms with van der Waals surface area (Å²) in [5.74, 6) is -0.316. The Kier molecular flexibility index (Phi) is 6.41. The van der Waals surface area contributed by atoms with E-state index in [0.29, 0.717) is 6.54 Å². The molecule has 0 unspecified atom stereocenters. The van der Waals surface area contributed by atoms with Gasteiger partial charge in [0.15, 0.2) is 0 Å². The third kappa shape index (κ3) is 5.33. The highest BCUT2D eigenvalue weighted by Crippen LogP contribution is 2.36. The van der Waals surface area contributed by atoms with Crippen LogP contribution in [-0.4, -0.2) is 38.4 Å². The van der Waals surface area contributed by atoms with Crippen LogP contribution >= 0.6 is 0 Å². The van der Waals surface area contributed by atoms with Gasteiger partial charge in [0.2, 0.25) is 8.32 Å². The summed E-state index contributed by atoms with van der Waals surface area (Å²) in [7, 11) is -1.73. The van der Waals surface area contributed by atoms with Gasteiger partial charge in [-0.25, -0.2) is 9.69 Å². The molecule has 6 heteroatoms. The van der Waals surface area contributed by atoms with E-state index in [1.807, 2.05) is 6.08 Å². The minimum absolute atomic E-state index is 0.188. The zero-order valence-electron chi connectivity index (χ0n) is 14.2. The van der Waals surface area contributed by atoms with Crippen molar-refractivity contribution >= 4 is 20.3 Å². The Labute approximate surface area is 134 Å². The second kappa shape index (κ2) is 7.62.